The molecule has 0 aliphatic carbocycles. The van der Waals surface area contributed by atoms with E-state index >= 15 is 0 Å². The third-order valence-electron chi connectivity index (χ3n) is 3.87. The number of amides is 2. The van der Waals surface area contributed by atoms with Gasteiger partial charge in [-0.15, -0.1) is 11.3 Å². The molecule has 120 valence electrons. The zero-order valence-corrected chi connectivity index (χ0v) is 13.4. The second kappa shape index (κ2) is 4.93. The predicted molar refractivity (Wildman–Crippen MR) is 78.1 cm³/mol. The van der Waals surface area contributed by atoms with E-state index in [2.05, 4.69) is 0 Å². The fraction of sp³-hybridized carbons (Fsp3) is 0.500. The van der Waals surface area contributed by atoms with Gasteiger partial charge in [-0.25, -0.2) is 18.4 Å². The number of carbonyl (C=O) groups excluding carboxylic acids is 2. The molecular weight excluding hydrogens is 330 g/mol. The normalized spacial score (nSPS) is 25.1. The second-order valence-corrected chi connectivity index (χ2v) is 7.99. The van der Waals surface area contributed by atoms with Crippen molar-refractivity contribution in [2.24, 2.45) is 5.14 Å². The first-order chi connectivity index (χ1) is 10.2. The minimum atomic E-state index is -3.94. The van der Waals surface area contributed by atoms with Gasteiger partial charge in [0.15, 0.2) is 5.60 Å². The molecule has 2 saturated heterocycles. The van der Waals surface area contributed by atoms with Gasteiger partial charge in [-0.05, 0) is 11.4 Å². The molecule has 2 N–H and O–H groups in total. The molecular formula is C12H15N3O5S2. The van der Waals surface area contributed by atoms with Crippen molar-refractivity contribution in [2.75, 3.05) is 26.7 Å². The highest BCUT2D eigenvalue weighted by atomic mass is 32.2. The van der Waals surface area contributed by atoms with Gasteiger partial charge in [0.2, 0.25) is 10.0 Å². The number of carbonyl (C=O) groups is 2. The van der Waals surface area contributed by atoms with E-state index in [0.29, 0.717) is 19.5 Å². The quantitative estimate of drug-likeness (QED) is 0.815. The van der Waals surface area contributed by atoms with Crippen LogP contribution < -0.4 is 5.14 Å². The zero-order chi connectivity index (χ0) is 16.1. The number of likely N-dealkylation sites (tertiary alicyclic amines) is 1. The molecule has 10 heteroatoms. The summed E-state index contributed by atoms with van der Waals surface area (Å²) in [5.74, 6) is -0.401. The van der Waals surface area contributed by atoms with Gasteiger partial charge in [0.25, 0.3) is 5.91 Å². The molecule has 2 aliphatic rings. The summed E-state index contributed by atoms with van der Waals surface area (Å²) in [5.41, 5.74) is -0.694. The summed E-state index contributed by atoms with van der Waals surface area (Å²) in [7, 11) is -2.30. The van der Waals surface area contributed by atoms with Crippen LogP contribution in [0.15, 0.2) is 16.3 Å². The summed E-state index contributed by atoms with van der Waals surface area (Å²) >= 11 is 1.03. The van der Waals surface area contributed by atoms with Crippen LogP contribution in [0.25, 0.3) is 0 Å². The molecule has 0 saturated carbocycles. The molecule has 1 spiro atoms. The third-order valence-corrected chi connectivity index (χ3v) is 5.86. The number of hydrogen-bond donors (Lipinski definition) is 1. The molecule has 0 radical (unpaired) electrons. The van der Waals surface area contributed by atoms with Crippen molar-refractivity contribution >= 4 is 33.4 Å². The van der Waals surface area contributed by atoms with Gasteiger partial charge in [0.05, 0.1) is 13.1 Å². The number of hydrogen-bond acceptors (Lipinski definition) is 6. The maximum absolute atomic E-state index is 12.5. The van der Waals surface area contributed by atoms with E-state index in [1.54, 1.807) is 7.05 Å². The Hall–Kier alpha value is -1.65. The second-order valence-electron chi connectivity index (χ2n) is 5.54. The van der Waals surface area contributed by atoms with Gasteiger partial charge < -0.3 is 14.5 Å². The molecule has 0 aromatic carbocycles. The molecule has 2 aliphatic heterocycles. The lowest BCUT2D eigenvalue weighted by atomic mass is 10.0. The Labute approximate surface area is 131 Å². The number of ether oxygens (including phenoxy) is 1. The van der Waals surface area contributed by atoms with Crippen LogP contribution in [0, 0.1) is 0 Å². The van der Waals surface area contributed by atoms with E-state index < -0.39 is 27.6 Å². The summed E-state index contributed by atoms with van der Waals surface area (Å²) in [4.78, 5) is 27.0. The Kier molecular flexibility index (Phi) is 3.42. The lowest BCUT2D eigenvalue weighted by Gasteiger charge is -2.21. The van der Waals surface area contributed by atoms with Gasteiger partial charge in [0.1, 0.15) is 9.77 Å². The van der Waals surface area contributed by atoms with Crippen molar-refractivity contribution in [1.82, 2.24) is 9.80 Å². The van der Waals surface area contributed by atoms with Gasteiger partial charge in [-0.3, -0.25) is 4.79 Å². The number of nitrogens with zero attached hydrogens (tertiary/aromatic N) is 2. The first-order valence-electron chi connectivity index (χ1n) is 6.56. The number of primary sulfonamides is 1. The van der Waals surface area contributed by atoms with Gasteiger partial charge in [0, 0.05) is 20.0 Å². The summed E-state index contributed by atoms with van der Waals surface area (Å²) in [6.45, 7) is 1.08. The Balaban J connectivity index is 1.81. The van der Waals surface area contributed by atoms with Gasteiger partial charge in [-0.2, -0.15) is 0 Å². The van der Waals surface area contributed by atoms with E-state index in [4.69, 9.17) is 9.88 Å². The van der Waals surface area contributed by atoms with E-state index in [1.165, 1.54) is 21.2 Å². The highest BCUT2D eigenvalue weighted by molar-refractivity contribution is 7.89. The first kappa shape index (κ1) is 15.3. The van der Waals surface area contributed by atoms with Gasteiger partial charge >= 0.3 is 6.09 Å². The van der Waals surface area contributed by atoms with Crippen LogP contribution in [0.3, 0.4) is 0 Å². The largest absolute Gasteiger partial charge is 0.439 e. The fourth-order valence-corrected chi connectivity index (χ4v) is 4.78. The zero-order valence-electron chi connectivity index (χ0n) is 11.8. The molecule has 1 aromatic rings. The summed E-state index contributed by atoms with van der Waals surface area (Å²) in [6, 6.07) is 1.32. The smallest absolute Gasteiger partial charge is 0.410 e. The minimum absolute atomic E-state index is 0.0947. The molecule has 8 nitrogen and oxygen atoms in total. The Bertz CT molecular complexity index is 744. The summed E-state index contributed by atoms with van der Waals surface area (Å²) in [5, 5.41) is 6.64. The van der Waals surface area contributed by atoms with Crippen molar-refractivity contribution in [3.63, 3.8) is 0 Å². The standard InChI is InChI=1S/C12H15N3O5S2/c1-14-6-12(20-11(14)17)3-4-15(7-12)10(16)9-8(2-5-21-9)22(13,18)19/h2,5H,3-4,6-7H2,1H3,(H2,13,18,19)/t12-/m0/s1. The number of nitrogens with two attached hydrogens (primary N) is 1. The van der Waals surface area contributed by atoms with E-state index in [1.807, 2.05) is 0 Å². The van der Waals surface area contributed by atoms with Crippen LogP contribution in [0.5, 0.6) is 0 Å². The van der Waals surface area contributed by atoms with Crippen LogP contribution in [0.4, 0.5) is 4.79 Å². The summed E-state index contributed by atoms with van der Waals surface area (Å²) in [6.07, 6.45) is 0.126. The summed E-state index contributed by atoms with van der Waals surface area (Å²) < 4.78 is 28.4. The molecule has 0 unspecified atom stereocenters. The first-order valence-corrected chi connectivity index (χ1v) is 8.98. The molecule has 22 heavy (non-hydrogen) atoms. The van der Waals surface area contributed by atoms with Crippen LogP contribution in [-0.2, 0) is 14.8 Å². The molecule has 3 rings (SSSR count). The van der Waals surface area contributed by atoms with Crippen molar-refractivity contribution in [3.8, 4) is 0 Å². The number of thiophene rings is 1. The maximum Gasteiger partial charge on any atom is 0.410 e. The van der Waals surface area contributed by atoms with Crippen molar-refractivity contribution in [2.45, 2.75) is 16.9 Å². The average Bonchev–Trinajstić information content (AvgIpc) is 3.09. The predicted octanol–water partition coefficient (Wildman–Crippen LogP) is 0.0622. The van der Waals surface area contributed by atoms with Crippen molar-refractivity contribution in [1.29, 1.82) is 0 Å². The third kappa shape index (κ3) is 2.46. The Morgan fingerprint density at radius 2 is 2.18 bits per heavy atom. The average molecular weight is 345 g/mol. The van der Waals surface area contributed by atoms with Crippen molar-refractivity contribution < 1.29 is 22.7 Å². The molecule has 3 heterocycles. The molecule has 1 atom stereocenters. The number of likely N-dealkylation sites (N-methyl/N-ethyl adjacent to an activating group) is 1. The van der Waals surface area contributed by atoms with E-state index in [0.717, 1.165) is 11.3 Å². The van der Waals surface area contributed by atoms with E-state index in [-0.39, 0.29) is 16.3 Å². The maximum atomic E-state index is 12.5. The SMILES string of the molecule is CN1C[C@]2(CCN(C(=O)c3sccc3S(N)(=O)=O)C2)OC1=O. The van der Waals surface area contributed by atoms with Gasteiger partial charge in [-0.1, -0.05) is 0 Å². The highest BCUT2D eigenvalue weighted by Gasteiger charge is 2.50. The Morgan fingerprint density at radius 3 is 2.77 bits per heavy atom. The fourth-order valence-electron chi connectivity index (χ4n) is 2.84. The van der Waals surface area contributed by atoms with Crippen LogP contribution in [0.1, 0.15) is 16.1 Å². The molecule has 1 aromatic heterocycles. The van der Waals surface area contributed by atoms with E-state index in [9.17, 15) is 18.0 Å². The lowest BCUT2D eigenvalue weighted by molar-refractivity contribution is 0.0553. The molecule has 2 fully saturated rings. The molecule has 2 amide bonds. The highest BCUT2D eigenvalue weighted by Crippen LogP contribution is 2.33. The minimum Gasteiger partial charge on any atom is -0.439 e. The Morgan fingerprint density at radius 1 is 1.45 bits per heavy atom. The van der Waals surface area contributed by atoms with Crippen LogP contribution >= 0.6 is 11.3 Å². The number of sulfonamides is 1. The molecule has 0 bridgehead atoms. The monoisotopic (exact) mass is 345 g/mol. The topological polar surface area (TPSA) is 110 Å². The van der Waals surface area contributed by atoms with Crippen molar-refractivity contribution in [3.05, 3.63) is 16.3 Å². The number of rotatable bonds is 2. The lowest BCUT2D eigenvalue weighted by Crippen LogP contribution is -2.39. The van der Waals surface area contributed by atoms with Crippen LogP contribution in [0.2, 0.25) is 0 Å². The van der Waals surface area contributed by atoms with Crippen LogP contribution in [-0.4, -0.2) is 62.5 Å².